The molecule has 0 aromatic heterocycles. The van der Waals surface area contributed by atoms with Crippen LogP contribution in [0.1, 0.15) is 30.9 Å². The molecule has 1 aliphatic rings. The molecule has 2 rings (SSSR count). The summed E-state index contributed by atoms with van der Waals surface area (Å²) in [5.74, 6) is 0.678. The van der Waals surface area contributed by atoms with Crippen LogP contribution in [0.15, 0.2) is 24.3 Å². The number of hydrogen-bond acceptors (Lipinski definition) is 2. The largest absolute Gasteiger partial charge is 0.356 e. The molecule has 104 valence electrons. The van der Waals surface area contributed by atoms with Crippen molar-refractivity contribution in [2.45, 2.75) is 33.2 Å². The molecule has 0 unspecified atom stereocenters. The van der Waals surface area contributed by atoms with Crippen LogP contribution in [0.25, 0.3) is 0 Å². The van der Waals surface area contributed by atoms with Gasteiger partial charge in [0.25, 0.3) is 0 Å². The molecule has 0 aliphatic carbocycles. The third-order valence-corrected chi connectivity index (χ3v) is 3.90. The molecular formula is C16H24N2O. The molecule has 1 aliphatic heterocycles. The zero-order valence-corrected chi connectivity index (χ0v) is 12.0. The number of amides is 1. The normalized spacial score (nSPS) is 20.2. The van der Waals surface area contributed by atoms with Gasteiger partial charge in [0.2, 0.25) is 5.91 Å². The summed E-state index contributed by atoms with van der Waals surface area (Å²) in [4.78, 5) is 13.5. The van der Waals surface area contributed by atoms with Crippen molar-refractivity contribution in [3.63, 3.8) is 0 Å². The minimum Gasteiger partial charge on any atom is -0.356 e. The fourth-order valence-corrected chi connectivity index (χ4v) is 2.78. The van der Waals surface area contributed by atoms with Gasteiger partial charge in [0.15, 0.2) is 0 Å². The Kier molecular flexibility index (Phi) is 4.97. The third kappa shape index (κ3) is 4.35. The number of likely N-dealkylation sites (tertiary alicyclic amines) is 1. The highest BCUT2D eigenvalue weighted by Gasteiger charge is 2.20. The zero-order chi connectivity index (χ0) is 13.7. The van der Waals surface area contributed by atoms with E-state index in [1.165, 1.54) is 30.5 Å². The van der Waals surface area contributed by atoms with Crippen molar-refractivity contribution >= 4 is 5.91 Å². The summed E-state index contributed by atoms with van der Waals surface area (Å²) in [5.41, 5.74) is 2.79. The topological polar surface area (TPSA) is 32.3 Å². The minimum absolute atomic E-state index is 0.0797. The average molecular weight is 260 g/mol. The first-order chi connectivity index (χ1) is 9.15. The molecule has 1 fully saturated rings. The molecule has 1 amide bonds. The van der Waals surface area contributed by atoms with Gasteiger partial charge in [-0.2, -0.15) is 0 Å². The van der Waals surface area contributed by atoms with E-state index in [2.05, 4.69) is 41.4 Å². The van der Waals surface area contributed by atoms with Gasteiger partial charge >= 0.3 is 0 Å². The highest BCUT2D eigenvalue weighted by molar-refractivity contribution is 5.72. The van der Waals surface area contributed by atoms with E-state index in [1.807, 2.05) is 0 Å². The van der Waals surface area contributed by atoms with Gasteiger partial charge in [0, 0.05) is 26.6 Å². The molecule has 0 radical (unpaired) electrons. The Morgan fingerprint density at radius 3 is 2.95 bits per heavy atom. The molecule has 1 N–H and O–H groups in total. The molecule has 1 saturated heterocycles. The Morgan fingerprint density at radius 2 is 2.21 bits per heavy atom. The Hall–Kier alpha value is -1.35. The first-order valence-electron chi connectivity index (χ1n) is 7.16. The molecule has 3 heteroatoms. The number of carbonyl (C=O) groups excluding carboxylic acids is 1. The highest BCUT2D eigenvalue weighted by atomic mass is 16.1. The number of piperidine rings is 1. The Labute approximate surface area is 116 Å². The van der Waals surface area contributed by atoms with E-state index in [4.69, 9.17) is 0 Å². The summed E-state index contributed by atoms with van der Waals surface area (Å²) in [7, 11) is 0. The van der Waals surface area contributed by atoms with Crippen LogP contribution in [0.4, 0.5) is 0 Å². The third-order valence-electron chi connectivity index (χ3n) is 3.90. The summed E-state index contributed by atoms with van der Waals surface area (Å²) in [6.07, 6.45) is 2.46. The van der Waals surface area contributed by atoms with Crippen LogP contribution in [-0.4, -0.2) is 30.4 Å². The number of hydrogen-bond donors (Lipinski definition) is 1. The standard InChI is InChI=1S/C16H24N2O/c1-13-6-3-4-8-16(13)12-18-9-5-7-15(11-18)10-17-14(2)19/h3-4,6,8,15H,5,7,9-12H2,1-2H3,(H,17,19)/t15-/m1/s1. The molecule has 1 heterocycles. The molecule has 3 nitrogen and oxygen atoms in total. The fourth-order valence-electron chi connectivity index (χ4n) is 2.78. The summed E-state index contributed by atoms with van der Waals surface area (Å²) in [5, 5.41) is 2.95. The molecule has 0 saturated carbocycles. The van der Waals surface area contributed by atoms with Crippen molar-refractivity contribution in [1.29, 1.82) is 0 Å². The lowest BCUT2D eigenvalue weighted by Gasteiger charge is -2.33. The van der Waals surface area contributed by atoms with E-state index in [1.54, 1.807) is 6.92 Å². The number of aryl methyl sites for hydroxylation is 1. The van der Waals surface area contributed by atoms with Crippen LogP contribution in [0, 0.1) is 12.8 Å². The molecule has 19 heavy (non-hydrogen) atoms. The van der Waals surface area contributed by atoms with Crippen molar-refractivity contribution in [2.24, 2.45) is 5.92 Å². The second-order valence-corrected chi connectivity index (χ2v) is 5.61. The molecule has 0 spiro atoms. The number of nitrogens with one attached hydrogen (secondary N) is 1. The fraction of sp³-hybridized carbons (Fsp3) is 0.562. The first-order valence-corrected chi connectivity index (χ1v) is 7.16. The number of carbonyl (C=O) groups is 1. The van der Waals surface area contributed by atoms with Gasteiger partial charge < -0.3 is 5.32 Å². The van der Waals surface area contributed by atoms with E-state index in [-0.39, 0.29) is 5.91 Å². The summed E-state index contributed by atoms with van der Waals surface area (Å²) in [6.45, 7) is 7.88. The lowest BCUT2D eigenvalue weighted by Crippen LogP contribution is -2.40. The summed E-state index contributed by atoms with van der Waals surface area (Å²) >= 11 is 0. The average Bonchev–Trinajstić information content (AvgIpc) is 2.40. The van der Waals surface area contributed by atoms with E-state index >= 15 is 0 Å². The number of rotatable bonds is 4. The minimum atomic E-state index is 0.0797. The van der Waals surface area contributed by atoms with Crippen LogP contribution in [0.3, 0.4) is 0 Å². The lowest BCUT2D eigenvalue weighted by molar-refractivity contribution is -0.119. The van der Waals surface area contributed by atoms with Crippen molar-refractivity contribution in [2.75, 3.05) is 19.6 Å². The number of nitrogens with zero attached hydrogens (tertiary/aromatic N) is 1. The monoisotopic (exact) mass is 260 g/mol. The summed E-state index contributed by atoms with van der Waals surface area (Å²) < 4.78 is 0. The maximum Gasteiger partial charge on any atom is 0.216 e. The highest BCUT2D eigenvalue weighted by Crippen LogP contribution is 2.19. The lowest BCUT2D eigenvalue weighted by atomic mass is 9.97. The van der Waals surface area contributed by atoms with Crippen molar-refractivity contribution in [3.05, 3.63) is 35.4 Å². The number of benzene rings is 1. The first kappa shape index (κ1) is 14.1. The van der Waals surface area contributed by atoms with Gasteiger partial charge in [-0.1, -0.05) is 24.3 Å². The SMILES string of the molecule is CC(=O)NC[C@H]1CCCN(Cc2ccccc2C)C1. The van der Waals surface area contributed by atoms with Crippen molar-refractivity contribution < 1.29 is 4.79 Å². The predicted octanol–water partition coefficient (Wildman–Crippen LogP) is 2.34. The van der Waals surface area contributed by atoms with E-state index in [9.17, 15) is 4.79 Å². The van der Waals surface area contributed by atoms with Crippen LogP contribution >= 0.6 is 0 Å². The molecule has 1 aromatic rings. The molecule has 1 atom stereocenters. The Balaban J connectivity index is 1.87. The van der Waals surface area contributed by atoms with Crippen LogP contribution in [0.2, 0.25) is 0 Å². The maximum atomic E-state index is 11.0. The quantitative estimate of drug-likeness (QED) is 0.901. The van der Waals surface area contributed by atoms with E-state index < -0.39 is 0 Å². The van der Waals surface area contributed by atoms with Gasteiger partial charge in [0.05, 0.1) is 0 Å². The molecule has 1 aromatic carbocycles. The van der Waals surface area contributed by atoms with Crippen LogP contribution in [-0.2, 0) is 11.3 Å². The second-order valence-electron chi connectivity index (χ2n) is 5.61. The smallest absolute Gasteiger partial charge is 0.216 e. The Morgan fingerprint density at radius 1 is 1.42 bits per heavy atom. The Bertz CT molecular complexity index is 431. The van der Waals surface area contributed by atoms with E-state index in [0.717, 1.165) is 19.6 Å². The van der Waals surface area contributed by atoms with Gasteiger partial charge in [0.1, 0.15) is 0 Å². The van der Waals surface area contributed by atoms with Gasteiger partial charge in [-0.05, 0) is 43.4 Å². The molecule has 0 bridgehead atoms. The zero-order valence-electron chi connectivity index (χ0n) is 12.0. The van der Waals surface area contributed by atoms with Crippen LogP contribution in [0.5, 0.6) is 0 Å². The van der Waals surface area contributed by atoms with Crippen LogP contribution < -0.4 is 5.32 Å². The van der Waals surface area contributed by atoms with Gasteiger partial charge in [-0.3, -0.25) is 9.69 Å². The van der Waals surface area contributed by atoms with Crippen molar-refractivity contribution in [1.82, 2.24) is 10.2 Å². The van der Waals surface area contributed by atoms with Gasteiger partial charge in [-0.25, -0.2) is 0 Å². The second kappa shape index (κ2) is 6.71. The van der Waals surface area contributed by atoms with E-state index in [0.29, 0.717) is 5.92 Å². The molecular weight excluding hydrogens is 236 g/mol. The summed E-state index contributed by atoms with van der Waals surface area (Å²) in [6, 6.07) is 8.59. The van der Waals surface area contributed by atoms with Crippen molar-refractivity contribution in [3.8, 4) is 0 Å². The predicted molar refractivity (Wildman–Crippen MR) is 77.9 cm³/mol. The maximum absolute atomic E-state index is 11.0. The van der Waals surface area contributed by atoms with Gasteiger partial charge in [-0.15, -0.1) is 0 Å².